The van der Waals surface area contributed by atoms with Gasteiger partial charge in [0, 0.05) is 30.1 Å². The predicted molar refractivity (Wildman–Crippen MR) is 82.4 cm³/mol. The Hall–Kier alpha value is -0.610. The van der Waals surface area contributed by atoms with Crippen molar-refractivity contribution in [3.05, 3.63) is 34.3 Å². The maximum atomic E-state index is 10.6. The SMILES string of the molecule is Cc1ccc(CC(O)C(C)(C)N2CCOCC2)c(Cl)c1. The summed E-state index contributed by atoms with van der Waals surface area (Å²) in [7, 11) is 0. The van der Waals surface area contributed by atoms with Crippen molar-refractivity contribution < 1.29 is 9.84 Å². The van der Waals surface area contributed by atoms with E-state index in [9.17, 15) is 5.11 Å². The third-order valence-electron chi connectivity index (χ3n) is 4.26. The topological polar surface area (TPSA) is 32.7 Å². The molecule has 1 atom stereocenters. The van der Waals surface area contributed by atoms with Crippen molar-refractivity contribution in [2.24, 2.45) is 0 Å². The minimum atomic E-state index is -0.458. The maximum Gasteiger partial charge on any atom is 0.0759 e. The van der Waals surface area contributed by atoms with E-state index in [0.717, 1.165) is 42.5 Å². The second-order valence-electron chi connectivity index (χ2n) is 6.07. The number of halogens is 1. The number of hydrogen-bond acceptors (Lipinski definition) is 3. The third-order valence-corrected chi connectivity index (χ3v) is 4.62. The summed E-state index contributed by atoms with van der Waals surface area (Å²) < 4.78 is 5.38. The molecule has 3 nitrogen and oxygen atoms in total. The van der Waals surface area contributed by atoms with E-state index in [0.29, 0.717) is 6.42 Å². The Kier molecular flexibility index (Phi) is 5.08. The molecule has 1 aliphatic rings. The molecule has 1 fully saturated rings. The summed E-state index contributed by atoms with van der Waals surface area (Å²) in [6, 6.07) is 6.00. The molecule has 1 heterocycles. The molecule has 0 bridgehead atoms. The number of aliphatic hydroxyl groups is 1. The van der Waals surface area contributed by atoms with Gasteiger partial charge in [-0.3, -0.25) is 4.90 Å². The van der Waals surface area contributed by atoms with E-state index in [-0.39, 0.29) is 5.54 Å². The van der Waals surface area contributed by atoms with E-state index in [1.54, 1.807) is 0 Å². The molecule has 1 aromatic carbocycles. The molecular formula is C16H24ClNO2. The Labute approximate surface area is 126 Å². The Morgan fingerprint density at radius 3 is 2.60 bits per heavy atom. The van der Waals surface area contributed by atoms with Crippen molar-refractivity contribution in [2.45, 2.75) is 38.8 Å². The molecule has 4 heteroatoms. The molecule has 1 N–H and O–H groups in total. The minimum Gasteiger partial charge on any atom is -0.391 e. The fraction of sp³-hybridized carbons (Fsp3) is 0.625. The van der Waals surface area contributed by atoms with Crippen molar-refractivity contribution in [1.82, 2.24) is 4.90 Å². The number of morpholine rings is 1. The van der Waals surface area contributed by atoms with Crippen molar-refractivity contribution >= 4 is 11.6 Å². The van der Waals surface area contributed by atoms with Gasteiger partial charge in [-0.1, -0.05) is 23.7 Å². The number of ether oxygens (including phenoxy) is 1. The summed E-state index contributed by atoms with van der Waals surface area (Å²) in [6.45, 7) is 9.40. The van der Waals surface area contributed by atoms with Crippen molar-refractivity contribution in [3.8, 4) is 0 Å². The number of aryl methyl sites for hydroxylation is 1. The summed E-state index contributed by atoms with van der Waals surface area (Å²) in [5.41, 5.74) is 1.87. The first-order valence-corrected chi connectivity index (χ1v) is 7.55. The van der Waals surface area contributed by atoms with Gasteiger partial charge in [0.2, 0.25) is 0 Å². The van der Waals surface area contributed by atoms with Gasteiger partial charge in [-0.05, 0) is 38.0 Å². The fourth-order valence-corrected chi connectivity index (χ4v) is 2.94. The zero-order chi connectivity index (χ0) is 14.8. The fourth-order valence-electron chi connectivity index (χ4n) is 2.63. The van der Waals surface area contributed by atoms with Crippen LogP contribution in [0.3, 0.4) is 0 Å². The Morgan fingerprint density at radius 2 is 2.00 bits per heavy atom. The first kappa shape index (κ1) is 15.8. The van der Waals surface area contributed by atoms with Crippen LogP contribution in [0.1, 0.15) is 25.0 Å². The molecule has 1 unspecified atom stereocenters. The van der Waals surface area contributed by atoms with E-state index >= 15 is 0 Å². The lowest BCUT2D eigenvalue weighted by Gasteiger charge is -2.43. The number of benzene rings is 1. The molecule has 2 rings (SSSR count). The predicted octanol–water partition coefficient (Wildman–Crippen LogP) is 2.66. The first-order chi connectivity index (χ1) is 9.41. The minimum absolute atomic E-state index is 0.280. The molecule has 112 valence electrons. The van der Waals surface area contributed by atoms with Gasteiger partial charge in [-0.25, -0.2) is 0 Å². The van der Waals surface area contributed by atoms with Gasteiger partial charge in [0.05, 0.1) is 19.3 Å². The van der Waals surface area contributed by atoms with E-state index in [1.165, 1.54) is 0 Å². The molecule has 0 aromatic heterocycles. The summed E-state index contributed by atoms with van der Waals surface area (Å²) in [6.07, 6.45) is 0.115. The van der Waals surface area contributed by atoms with Crippen LogP contribution in [0, 0.1) is 6.92 Å². The average molecular weight is 298 g/mol. The van der Waals surface area contributed by atoms with Gasteiger partial charge < -0.3 is 9.84 Å². The van der Waals surface area contributed by atoms with Crippen LogP contribution in [0.4, 0.5) is 0 Å². The molecule has 1 aromatic rings. The smallest absolute Gasteiger partial charge is 0.0759 e. The zero-order valence-electron chi connectivity index (χ0n) is 12.5. The summed E-state index contributed by atoms with van der Waals surface area (Å²) in [5, 5.41) is 11.4. The van der Waals surface area contributed by atoms with Crippen LogP contribution in [0.5, 0.6) is 0 Å². The van der Waals surface area contributed by atoms with Gasteiger partial charge in [0.15, 0.2) is 0 Å². The lowest BCUT2D eigenvalue weighted by atomic mass is 9.89. The molecule has 1 aliphatic heterocycles. The van der Waals surface area contributed by atoms with E-state index in [4.69, 9.17) is 16.3 Å². The molecule has 0 saturated carbocycles. The molecule has 1 saturated heterocycles. The first-order valence-electron chi connectivity index (χ1n) is 7.17. The molecule has 0 amide bonds. The van der Waals surface area contributed by atoms with E-state index < -0.39 is 6.10 Å². The normalized spacial score (nSPS) is 19.1. The second-order valence-corrected chi connectivity index (χ2v) is 6.48. The lowest BCUT2D eigenvalue weighted by molar-refractivity contribution is -0.0611. The average Bonchev–Trinajstić information content (AvgIpc) is 2.42. The van der Waals surface area contributed by atoms with Crippen LogP contribution in [0.25, 0.3) is 0 Å². The highest BCUT2D eigenvalue weighted by molar-refractivity contribution is 6.31. The van der Waals surface area contributed by atoms with Gasteiger partial charge in [-0.15, -0.1) is 0 Å². The molecule has 0 aliphatic carbocycles. The van der Waals surface area contributed by atoms with E-state index in [1.807, 2.05) is 25.1 Å². The molecule has 0 radical (unpaired) electrons. The third kappa shape index (κ3) is 3.53. The highest BCUT2D eigenvalue weighted by atomic mass is 35.5. The van der Waals surface area contributed by atoms with Gasteiger partial charge in [0.25, 0.3) is 0 Å². The highest BCUT2D eigenvalue weighted by Gasteiger charge is 2.35. The highest BCUT2D eigenvalue weighted by Crippen LogP contribution is 2.26. The van der Waals surface area contributed by atoms with Crippen LogP contribution in [0.2, 0.25) is 5.02 Å². The Bertz CT molecular complexity index is 456. The lowest BCUT2D eigenvalue weighted by Crippen LogP contribution is -2.56. The monoisotopic (exact) mass is 297 g/mol. The van der Waals surface area contributed by atoms with Crippen molar-refractivity contribution in [3.63, 3.8) is 0 Å². The van der Waals surface area contributed by atoms with Crippen LogP contribution < -0.4 is 0 Å². The van der Waals surface area contributed by atoms with Crippen LogP contribution in [-0.2, 0) is 11.2 Å². The zero-order valence-corrected chi connectivity index (χ0v) is 13.3. The van der Waals surface area contributed by atoms with Crippen LogP contribution in [-0.4, -0.2) is 48.0 Å². The summed E-state index contributed by atoms with van der Waals surface area (Å²) >= 11 is 6.26. The maximum absolute atomic E-state index is 10.6. The largest absolute Gasteiger partial charge is 0.391 e. The molecule has 0 spiro atoms. The molecular weight excluding hydrogens is 274 g/mol. The standard InChI is InChI=1S/C16H24ClNO2/c1-12-4-5-13(14(17)10-12)11-15(19)16(2,3)18-6-8-20-9-7-18/h4-5,10,15,19H,6-9,11H2,1-3H3. The van der Waals surface area contributed by atoms with Gasteiger partial charge >= 0.3 is 0 Å². The molecule has 20 heavy (non-hydrogen) atoms. The quantitative estimate of drug-likeness (QED) is 0.927. The van der Waals surface area contributed by atoms with Crippen LogP contribution >= 0.6 is 11.6 Å². The summed E-state index contributed by atoms with van der Waals surface area (Å²) in [4.78, 5) is 2.29. The Morgan fingerprint density at radius 1 is 1.35 bits per heavy atom. The van der Waals surface area contributed by atoms with Crippen molar-refractivity contribution in [2.75, 3.05) is 26.3 Å². The number of aliphatic hydroxyl groups excluding tert-OH is 1. The summed E-state index contributed by atoms with van der Waals surface area (Å²) in [5.74, 6) is 0. The van der Waals surface area contributed by atoms with Gasteiger partial charge in [-0.2, -0.15) is 0 Å². The van der Waals surface area contributed by atoms with Gasteiger partial charge in [0.1, 0.15) is 0 Å². The van der Waals surface area contributed by atoms with Crippen molar-refractivity contribution in [1.29, 1.82) is 0 Å². The number of rotatable bonds is 4. The number of hydrogen-bond donors (Lipinski definition) is 1. The van der Waals surface area contributed by atoms with Crippen LogP contribution in [0.15, 0.2) is 18.2 Å². The number of nitrogens with zero attached hydrogens (tertiary/aromatic N) is 1. The second kappa shape index (κ2) is 6.44. The van der Waals surface area contributed by atoms with E-state index in [2.05, 4.69) is 18.7 Å². The Balaban J connectivity index is 2.07.